The van der Waals surface area contributed by atoms with Gasteiger partial charge in [0.15, 0.2) is 0 Å². The SMILES string of the molecule is CCOc1ccccc1NC(=O)C(c1ccccc1)N1CCN(C(=O)c2ccccc2Cl)CC1. The molecule has 1 N–H and O–H groups in total. The van der Waals surface area contributed by atoms with Gasteiger partial charge in [0, 0.05) is 26.2 Å². The molecule has 1 saturated heterocycles. The maximum atomic E-state index is 13.5. The van der Waals surface area contributed by atoms with E-state index in [1.807, 2.05) is 73.7 Å². The zero-order chi connectivity index (χ0) is 23.9. The van der Waals surface area contributed by atoms with E-state index in [1.54, 1.807) is 17.0 Å². The minimum absolute atomic E-state index is 0.0865. The van der Waals surface area contributed by atoms with Crippen molar-refractivity contribution < 1.29 is 14.3 Å². The largest absolute Gasteiger partial charge is 0.492 e. The van der Waals surface area contributed by atoms with E-state index in [2.05, 4.69) is 10.2 Å². The van der Waals surface area contributed by atoms with Crippen molar-refractivity contribution in [1.82, 2.24) is 9.80 Å². The van der Waals surface area contributed by atoms with Gasteiger partial charge in [-0.1, -0.05) is 66.2 Å². The zero-order valence-corrected chi connectivity index (χ0v) is 19.9. The molecule has 1 aliphatic rings. The average molecular weight is 478 g/mol. The molecule has 0 aromatic heterocycles. The third-order valence-corrected chi connectivity index (χ3v) is 6.21. The zero-order valence-electron chi connectivity index (χ0n) is 19.1. The van der Waals surface area contributed by atoms with Crippen LogP contribution in [0.2, 0.25) is 5.02 Å². The second kappa shape index (κ2) is 11.2. The van der Waals surface area contributed by atoms with Crippen LogP contribution in [-0.2, 0) is 4.79 Å². The predicted molar refractivity (Wildman–Crippen MR) is 134 cm³/mol. The number of nitrogens with zero attached hydrogens (tertiary/aromatic N) is 2. The monoisotopic (exact) mass is 477 g/mol. The molecule has 0 saturated carbocycles. The van der Waals surface area contributed by atoms with E-state index in [4.69, 9.17) is 16.3 Å². The number of hydrogen-bond donors (Lipinski definition) is 1. The predicted octanol–water partition coefficient (Wildman–Crippen LogP) is 4.88. The fourth-order valence-electron chi connectivity index (χ4n) is 4.20. The lowest BCUT2D eigenvalue weighted by molar-refractivity contribution is -0.122. The van der Waals surface area contributed by atoms with Crippen molar-refractivity contribution in [3.05, 3.63) is 95.0 Å². The molecule has 3 aromatic rings. The lowest BCUT2D eigenvalue weighted by atomic mass is 10.0. The van der Waals surface area contributed by atoms with Crippen LogP contribution in [-0.4, -0.2) is 54.4 Å². The molecular formula is C27H28ClN3O3. The van der Waals surface area contributed by atoms with Crippen LogP contribution in [0.1, 0.15) is 28.9 Å². The molecule has 4 rings (SSSR count). The number of halogens is 1. The normalized spacial score (nSPS) is 14.9. The van der Waals surface area contributed by atoms with E-state index >= 15 is 0 Å². The van der Waals surface area contributed by atoms with Gasteiger partial charge in [-0.05, 0) is 36.8 Å². The Morgan fingerprint density at radius 1 is 0.912 bits per heavy atom. The van der Waals surface area contributed by atoms with Gasteiger partial charge in [-0.15, -0.1) is 0 Å². The summed E-state index contributed by atoms with van der Waals surface area (Å²) >= 11 is 6.23. The average Bonchev–Trinajstić information content (AvgIpc) is 2.86. The minimum Gasteiger partial charge on any atom is -0.492 e. The minimum atomic E-state index is -0.492. The summed E-state index contributed by atoms with van der Waals surface area (Å²) in [5.41, 5.74) is 2.05. The Kier molecular flexibility index (Phi) is 7.83. The highest BCUT2D eigenvalue weighted by molar-refractivity contribution is 6.33. The van der Waals surface area contributed by atoms with Crippen LogP contribution < -0.4 is 10.1 Å². The van der Waals surface area contributed by atoms with Crippen LogP contribution in [0, 0.1) is 0 Å². The maximum Gasteiger partial charge on any atom is 0.255 e. The Morgan fingerprint density at radius 2 is 1.56 bits per heavy atom. The molecule has 0 spiro atoms. The number of piperazine rings is 1. The topological polar surface area (TPSA) is 61.9 Å². The van der Waals surface area contributed by atoms with Crippen LogP contribution in [0.4, 0.5) is 5.69 Å². The molecule has 1 atom stereocenters. The smallest absolute Gasteiger partial charge is 0.255 e. The second-order valence-electron chi connectivity index (χ2n) is 8.04. The van der Waals surface area contributed by atoms with E-state index in [9.17, 15) is 9.59 Å². The van der Waals surface area contributed by atoms with Crippen molar-refractivity contribution in [2.45, 2.75) is 13.0 Å². The molecule has 7 heteroatoms. The van der Waals surface area contributed by atoms with E-state index in [1.165, 1.54) is 0 Å². The maximum absolute atomic E-state index is 13.5. The molecule has 3 aromatic carbocycles. The van der Waals surface area contributed by atoms with Gasteiger partial charge in [-0.25, -0.2) is 0 Å². The number of anilines is 1. The summed E-state index contributed by atoms with van der Waals surface area (Å²) < 4.78 is 5.68. The summed E-state index contributed by atoms with van der Waals surface area (Å²) in [5, 5.41) is 3.50. The number of carbonyl (C=O) groups excluding carboxylic acids is 2. The molecule has 1 heterocycles. The van der Waals surface area contributed by atoms with E-state index in [0.29, 0.717) is 54.8 Å². The second-order valence-corrected chi connectivity index (χ2v) is 8.45. The van der Waals surface area contributed by atoms with Gasteiger partial charge in [0.2, 0.25) is 5.91 Å². The van der Waals surface area contributed by atoms with E-state index in [-0.39, 0.29) is 11.8 Å². The molecule has 176 valence electrons. The Bertz CT molecular complexity index is 1130. The van der Waals surface area contributed by atoms with Crippen molar-refractivity contribution in [1.29, 1.82) is 0 Å². The Morgan fingerprint density at radius 3 is 2.26 bits per heavy atom. The third kappa shape index (κ3) is 5.41. The number of ether oxygens (including phenoxy) is 1. The first-order chi connectivity index (χ1) is 16.6. The first-order valence-corrected chi connectivity index (χ1v) is 11.8. The molecule has 0 radical (unpaired) electrons. The number of rotatable bonds is 7. The molecular weight excluding hydrogens is 450 g/mol. The summed E-state index contributed by atoms with van der Waals surface area (Å²) in [5.74, 6) is 0.418. The first-order valence-electron chi connectivity index (χ1n) is 11.4. The van der Waals surface area contributed by atoms with Crippen LogP contribution in [0.15, 0.2) is 78.9 Å². The standard InChI is InChI=1S/C27H28ClN3O3/c1-2-34-24-15-9-8-14-23(24)29-26(32)25(20-10-4-3-5-11-20)30-16-18-31(19-17-30)27(33)21-12-6-7-13-22(21)28/h3-15,25H,2,16-19H2,1H3,(H,29,32). The van der Waals surface area contributed by atoms with Gasteiger partial charge in [-0.2, -0.15) is 0 Å². The Labute approximate surface area is 205 Å². The number of nitrogens with one attached hydrogen (secondary N) is 1. The highest BCUT2D eigenvalue weighted by Crippen LogP contribution is 2.29. The van der Waals surface area contributed by atoms with Crippen molar-refractivity contribution >= 4 is 29.1 Å². The number of hydrogen-bond acceptors (Lipinski definition) is 4. The van der Waals surface area contributed by atoms with E-state index < -0.39 is 6.04 Å². The molecule has 2 amide bonds. The molecule has 6 nitrogen and oxygen atoms in total. The third-order valence-electron chi connectivity index (χ3n) is 5.88. The molecule has 1 unspecified atom stereocenters. The Hall–Kier alpha value is -3.35. The van der Waals surface area contributed by atoms with Crippen LogP contribution in [0.3, 0.4) is 0 Å². The van der Waals surface area contributed by atoms with Gasteiger partial charge < -0.3 is 15.0 Å². The summed E-state index contributed by atoms with van der Waals surface area (Å²) in [6.07, 6.45) is 0. The molecule has 34 heavy (non-hydrogen) atoms. The van der Waals surface area contributed by atoms with Gasteiger partial charge in [0.1, 0.15) is 11.8 Å². The first kappa shape index (κ1) is 23.8. The van der Waals surface area contributed by atoms with Crippen LogP contribution in [0.25, 0.3) is 0 Å². The highest BCUT2D eigenvalue weighted by atomic mass is 35.5. The number of carbonyl (C=O) groups is 2. The number of para-hydroxylation sites is 2. The molecule has 0 bridgehead atoms. The molecule has 1 aliphatic heterocycles. The summed E-state index contributed by atoms with van der Waals surface area (Å²) in [7, 11) is 0. The Balaban J connectivity index is 1.51. The number of amides is 2. The van der Waals surface area contributed by atoms with Gasteiger partial charge in [-0.3, -0.25) is 14.5 Å². The van der Waals surface area contributed by atoms with Gasteiger partial charge in [0.25, 0.3) is 5.91 Å². The van der Waals surface area contributed by atoms with Crippen LogP contribution >= 0.6 is 11.6 Å². The van der Waals surface area contributed by atoms with Crippen molar-refractivity contribution in [3.8, 4) is 5.75 Å². The number of benzene rings is 3. The van der Waals surface area contributed by atoms with E-state index in [0.717, 1.165) is 5.56 Å². The summed E-state index contributed by atoms with van der Waals surface area (Å²) in [4.78, 5) is 30.4. The molecule has 1 fully saturated rings. The van der Waals surface area contributed by atoms with Crippen molar-refractivity contribution in [2.24, 2.45) is 0 Å². The summed E-state index contributed by atoms with van der Waals surface area (Å²) in [6, 6.07) is 23.7. The fraction of sp³-hybridized carbons (Fsp3) is 0.259. The van der Waals surface area contributed by atoms with Gasteiger partial charge >= 0.3 is 0 Å². The fourth-order valence-corrected chi connectivity index (χ4v) is 4.42. The molecule has 0 aliphatic carbocycles. The van der Waals surface area contributed by atoms with Crippen molar-refractivity contribution in [2.75, 3.05) is 38.1 Å². The van der Waals surface area contributed by atoms with Crippen molar-refractivity contribution in [3.63, 3.8) is 0 Å². The lowest BCUT2D eigenvalue weighted by Gasteiger charge is -2.39. The highest BCUT2D eigenvalue weighted by Gasteiger charge is 2.32. The quantitative estimate of drug-likeness (QED) is 0.527. The lowest BCUT2D eigenvalue weighted by Crippen LogP contribution is -2.51. The van der Waals surface area contributed by atoms with Gasteiger partial charge in [0.05, 0.1) is 22.9 Å². The summed E-state index contributed by atoms with van der Waals surface area (Å²) in [6.45, 7) is 4.57. The van der Waals surface area contributed by atoms with Crippen LogP contribution in [0.5, 0.6) is 5.75 Å².